The van der Waals surface area contributed by atoms with E-state index < -0.39 is 0 Å². The number of rotatable bonds is 4. The summed E-state index contributed by atoms with van der Waals surface area (Å²) in [6, 6.07) is 2.11. The van der Waals surface area contributed by atoms with Crippen molar-refractivity contribution in [1.29, 1.82) is 5.41 Å². The number of nitrogens with zero attached hydrogens (tertiary/aromatic N) is 3. The Morgan fingerprint density at radius 1 is 1.38 bits per heavy atom. The molecule has 2 heterocycles. The molecule has 4 heteroatoms. The first kappa shape index (κ1) is 11.2. The minimum absolute atomic E-state index is 0.813. The zero-order valence-electron chi connectivity index (χ0n) is 10.2. The summed E-state index contributed by atoms with van der Waals surface area (Å²) >= 11 is 0. The third-order valence-electron chi connectivity index (χ3n) is 3.12. The van der Waals surface area contributed by atoms with Crippen LogP contribution in [0.3, 0.4) is 0 Å². The molecule has 1 saturated heterocycles. The van der Waals surface area contributed by atoms with E-state index in [9.17, 15) is 0 Å². The maximum Gasteiger partial charge on any atom is 0.0958 e. The van der Waals surface area contributed by atoms with Crippen LogP contribution >= 0.6 is 0 Å². The van der Waals surface area contributed by atoms with Gasteiger partial charge in [-0.05, 0) is 32.8 Å². The van der Waals surface area contributed by atoms with Gasteiger partial charge in [-0.2, -0.15) is 5.10 Å². The molecule has 0 spiro atoms. The zero-order chi connectivity index (χ0) is 11.5. The fraction of sp³-hybridized carbons (Fsp3) is 0.667. The summed E-state index contributed by atoms with van der Waals surface area (Å²) in [4.78, 5) is 2.19. The topological polar surface area (TPSA) is 44.9 Å². The van der Waals surface area contributed by atoms with Crippen molar-refractivity contribution in [3.05, 3.63) is 17.5 Å². The Hall–Kier alpha value is -1.32. The number of aromatic nitrogens is 2. The van der Waals surface area contributed by atoms with Crippen molar-refractivity contribution in [3.8, 4) is 0 Å². The number of amidine groups is 1. The molecule has 0 aliphatic carbocycles. The molecule has 1 aliphatic rings. The van der Waals surface area contributed by atoms with Crippen LogP contribution in [0.4, 0.5) is 0 Å². The van der Waals surface area contributed by atoms with E-state index in [1.165, 1.54) is 5.69 Å². The van der Waals surface area contributed by atoms with Gasteiger partial charge < -0.3 is 4.90 Å². The van der Waals surface area contributed by atoms with Crippen LogP contribution in [0.2, 0.25) is 0 Å². The van der Waals surface area contributed by atoms with Gasteiger partial charge >= 0.3 is 0 Å². The minimum atomic E-state index is 0.813. The van der Waals surface area contributed by atoms with Gasteiger partial charge in [0.15, 0.2) is 0 Å². The second-order valence-corrected chi connectivity index (χ2v) is 4.54. The van der Waals surface area contributed by atoms with E-state index in [0.29, 0.717) is 0 Å². The third kappa shape index (κ3) is 2.43. The van der Waals surface area contributed by atoms with Crippen molar-refractivity contribution >= 4 is 5.84 Å². The Morgan fingerprint density at radius 2 is 2.19 bits per heavy atom. The second kappa shape index (κ2) is 4.68. The van der Waals surface area contributed by atoms with Crippen LogP contribution in [0.15, 0.2) is 6.07 Å². The highest BCUT2D eigenvalue weighted by Gasteiger charge is 2.15. The van der Waals surface area contributed by atoms with Crippen molar-refractivity contribution in [3.63, 3.8) is 0 Å². The Kier molecular flexibility index (Phi) is 3.27. The van der Waals surface area contributed by atoms with Gasteiger partial charge in [0, 0.05) is 31.7 Å². The van der Waals surface area contributed by atoms with E-state index in [1.54, 1.807) is 0 Å². The van der Waals surface area contributed by atoms with E-state index >= 15 is 0 Å². The molecule has 1 aromatic rings. The summed E-state index contributed by atoms with van der Waals surface area (Å²) in [5.41, 5.74) is 2.32. The number of nitrogens with one attached hydrogen (secondary N) is 1. The SMILES string of the molecule is Cc1cc(C)n(CCCN2CCCC2=N)n1. The largest absolute Gasteiger partial charge is 0.360 e. The van der Waals surface area contributed by atoms with Crippen LogP contribution < -0.4 is 0 Å². The molecule has 2 rings (SSSR count). The predicted molar refractivity (Wildman–Crippen MR) is 64.9 cm³/mol. The molecule has 88 valence electrons. The Morgan fingerprint density at radius 3 is 2.75 bits per heavy atom. The normalized spacial score (nSPS) is 16.1. The second-order valence-electron chi connectivity index (χ2n) is 4.54. The van der Waals surface area contributed by atoms with E-state index in [-0.39, 0.29) is 0 Å². The molecule has 1 N–H and O–H groups in total. The first-order valence-corrected chi connectivity index (χ1v) is 6.00. The molecular weight excluding hydrogens is 200 g/mol. The lowest BCUT2D eigenvalue weighted by atomic mass is 10.3. The first-order chi connectivity index (χ1) is 7.66. The van der Waals surface area contributed by atoms with Gasteiger partial charge in [-0.15, -0.1) is 0 Å². The van der Waals surface area contributed by atoms with Crippen LogP contribution in [0.5, 0.6) is 0 Å². The number of likely N-dealkylation sites (tertiary alicyclic amines) is 1. The Bertz CT molecular complexity index is 380. The molecule has 0 atom stereocenters. The molecule has 0 saturated carbocycles. The average molecular weight is 220 g/mol. The lowest BCUT2D eigenvalue weighted by Gasteiger charge is -2.17. The average Bonchev–Trinajstić information content (AvgIpc) is 2.75. The van der Waals surface area contributed by atoms with Gasteiger partial charge in [-0.1, -0.05) is 0 Å². The van der Waals surface area contributed by atoms with E-state index in [4.69, 9.17) is 5.41 Å². The van der Waals surface area contributed by atoms with Crippen molar-refractivity contribution in [1.82, 2.24) is 14.7 Å². The molecule has 0 amide bonds. The maximum absolute atomic E-state index is 7.74. The predicted octanol–water partition coefficient (Wildman–Crippen LogP) is 1.96. The summed E-state index contributed by atoms with van der Waals surface area (Å²) in [5.74, 6) is 0.813. The van der Waals surface area contributed by atoms with Crippen LogP contribution in [-0.2, 0) is 6.54 Å². The quantitative estimate of drug-likeness (QED) is 0.843. The molecule has 1 fully saturated rings. The molecule has 0 aromatic carbocycles. The third-order valence-corrected chi connectivity index (χ3v) is 3.12. The van der Waals surface area contributed by atoms with E-state index in [1.807, 2.05) is 6.92 Å². The lowest BCUT2D eigenvalue weighted by Crippen LogP contribution is -2.26. The standard InChI is InChI=1S/C12H20N4/c1-10-9-11(2)16(14-10)8-4-7-15-6-3-5-12(15)13/h9,13H,3-8H2,1-2H3. The zero-order valence-corrected chi connectivity index (χ0v) is 10.2. The molecule has 0 bridgehead atoms. The summed E-state index contributed by atoms with van der Waals surface area (Å²) in [5, 5.41) is 12.2. The van der Waals surface area contributed by atoms with E-state index in [0.717, 1.165) is 50.4 Å². The van der Waals surface area contributed by atoms with Crippen LogP contribution in [0, 0.1) is 19.3 Å². The van der Waals surface area contributed by atoms with Crippen molar-refractivity contribution in [2.75, 3.05) is 13.1 Å². The van der Waals surface area contributed by atoms with Crippen molar-refractivity contribution in [2.45, 2.75) is 39.7 Å². The molecule has 4 nitrogen and oxygen atoms in total. The smallest absolute Gasteiger partial charge is 0.0958 e. The highest BCUT2D eigenvalue weighted by atomic mass is 15.3. The highest BCUT2D eigenvalue weighted by Crippen LogP contribution is 2.11. The minimum Gasteiger partial charge on any atom is -0.360 e. The molecule has 1 aromatic heterocycles. The van der Waals surface area contributed by atoms with Crippen LogP contribution in [0.1, 0.15) is 30.7 Å². The Labute approximate surface area is 96.8 Å². The summed E-state index contributed by atoms with van der Waals surface area (Å²) < 4.78 is 2.06. The fourth-order valence-electron chi connectivity index (χ4n) is 2.29. The van der Waals surface area contributed by atoms with Gasteiger partial charge in [-0.25, -0.2) is 0 Å². The van der Waals surface area contributed by atoms with Gasteiger partial charge in [0.1, 0.15) is 0 Å². The number of hydrogen-bond acceptors (Lipinski definition) is 2. The van der Waals surface area contributed by atoms with E-state index in [2.05, 4.69) is 27.7 Å². The summed E-state index contributed by atoms with van der Waals surface area (Å²) in [7, 11) is 0. The Balaban J connectivity index is 1.79. The maximum atomic E-state index is 7.74. The first-order valence-electron chi connectivity index (χ1n) is 6.00. The summed E-state index contributed by atoms with van der Waals surface area (Å²) in [6.45, 7) is 7.15. The monoisotopic (exact) mass is 220 g/mol. The van der Waals surface area contributed by atoms with Gasteiger partial charge in [0.25, 0.3) is 0 Å². The van der Waals surface area contributed by atoms with Gasteiger partial charge in [-0.3, -0.25) is 10.1 Å². The van der Waals surface area contributed by atoms with Crippen molar-refractivity contribution in [2.24, 2.45) is 0 Å². The van der Waals surface area contributed by atoms with Crippen LogP contribution in [-0.4, -0.2) is 33.6 Å². The van der Waals surface area contributed by atoms with Gasteiger partial charge in [0.05, 0.1) is 11.5 Å². The lowest BCUT2D eigenvalue weighted by molar-refractivity contribution is 0.412. The summed E-state index contributed by atoms with van der Waals surface area (Å²) in [6.07, 6.45) is 3.18. The fourth-order valence-corrected chi connectivity index (χ4v) is 2.29. The highest BCUT2D eigenvalue weighted by molar-refractivity contribution is 5.80. The molecule has 0 unspecified atom stereocenters. The number of hydrogen-bond donors (Lipinski definition) is 1. The molecule has 1 aliphatic heterocycles. The molecular formula is C12H20N4. The van der Waals surface area contributed by atoms with Gasteiger partial charge in [0.2, 0.25) is 0 Å². The molecule has 0 radical (unpaired) electrons. The van der Waals surface area contributed by atoms with Crippen molar-refractivity contribution < 1.29 is 0 Å². The molecule has 16 heavy (non-hydrogen) atoms. The van der Waals surface area contributed by atoms with Crippen LogP contribution in [0.25, 0.3) is 0 Å². The number of aryl methyl sites for hydroxylation is 3.